The van der Waals surface area contributed by atoms with Gasteiger partial charge in [-0.15, -0.1) is 0 Å². The van der Waals surface area contributed by atoms with Crippen LogP contribution >= 0.6 is 10.2 Å². The smallest absolute Gasteiger partial charge is 0.0609 e. The maximum atomic E-state index is 4.45. The van der Waals surface area contributed by atoms with Gasteiger partial charge in [-0.2, -0.15) is 10.2 Å². The zero-order valence-corrected chi connectivity index (χ0v) is 17.1. The summed E-state index contributed by atoms with van der Waals surface area (Å²) < 4.78 is 3.98. The first-order chi connectivity index (χ1) is 11.2. The Morgan fingerprint density at radius 2 is 1.43 bits per heavy atom. The molecule has 0 heterocycles. The summed E-state index contributed by atoms with van der Waals surface area (Å²) >= 11 is 0. The van der Waals surface area contributed by atoms with Gasteiger partial charge in [0.1, 0.15) is 0 Å². The quantitative estimate of drug-likeness (QED) is 0.280. The van der Waals surface area contributed by atoms with Crippen LogP contribution in [-0.4, -0.2) is 23.5 Å². The molecular weight excluding hydrogens is 300 g/mol. The molecule has 23 heavy (non-hydrogen) atoms. The number of nitrogens with one attached hydrogen (secondary N) is 1. The second-order valence-corrected chi connectivity index (χ2v) is 9.66. The van der Waals surface area contributed by atoms with Crippen molar-refractivity contribution in [1.82, 2.24) is 4.72 Å². The maximum Gasteiger partial charge on any atom is 0.0609 e. The van der Waals surface area contributed by atoms with E-state index in [9.17, 15) is 0 Å². The van der Waals surface area contributed by atoms with Crippen molar-refractivity contribution in [3.8, 4) is 0 Å². The summed E-state index contributed by atoms with van der Waals surface area (Å²) in [5, 5.41) is 0. The third kappa shape index (κ3) is 10.6. The Morgan fingerprint density at radius 1 is 0.913 bits per heavy atom. The summed E-state index contributed by atoms with van der Waals surface area (Å²) in [4.78, 5) is 4.45. The number of rotatable bonds is 14. The molecule has 136 valence electrons. The molecule has 0 radical (unpaired) electrons. The molecular formula is C20H40N2S. The van der Waals surface area contributed by atoms with Crippen LogP contribution in [0.25, 0.3) is 0 Å². The fraction of sp³-hybridized carbons (Fsp3) is 0.750. The Hall–Kier alpha value is -0.700. The molecule has 0 aliphatic carbocycles. The predicted octanol–water partition coefficient (Wildman–Crippen LogP) is 6.59. The van der Waals surface area contributed by atoms with Gasteiger partial charge in [0.15, 0.2) is 0 Å². The van der Waals surface area contributed by atoms with E-state index in [1.54, 1.807) is 0 Å². The highest BCUT2D eigenvalue weighted by molar-refractivity contribution is 8.32. The van der Waals surface area contributed by atoms with Crippen LogP contribution in [0.3, 0.4) is 0 Å². The summed E-state index contributed by atoms with van der Waals surface area (Å²) in [7, 11) is -0.785. The van der Waals surface area contributed by atoms with E-state index in [0.717, 1.165) is 6.42 Å². The molecule has 0 aromatic carbocycles. The first kappa shape index (κ1) is 22.3. The molecule has 0 aliphatic rings. The van der Waals surface area contributed by atoms with Gasteiger partial charge in [-0.1, -0.05) is 53.0 Å². The lowest BCUT2D eigenvalue weighted by molar-refractivity contribution is 0.838. The second kappa shape index (κ2) is 14.9. The Balaban J connectivity index is 5.29. The second-order valence-electron chi connectivity index (χ2n) is 6.14. The Bertz CT molecular complexity index is 337. The van der Waals surface area contributed by atoms with Gasteiger partial charge in [-0.25, -0.2) is 0 Å². The van der Waals surface area contributed by atoms with E-state index >= 15 is 0 Å². The van der Waals surface area contributed by atoms with Crippen molar-refractivity contribution in [2.75, 3.05) is 17.3 Å². The molecule has 0 saturated heterocycles. The first-order valence-electron chi connectivity index (χ1n) is 9.56. The van der Waals surface area contributed by atoms with Crippen molar-refractivity contribution in [1.29, 1.82) is 0 Å². The molecule has 0 aromatic rings. The Morgan fingerprint density at radius 3 is 1.83 bits per heavy atom. The van der Waals surface area contributed by atoms with Crippen LogP contribution in [0.5, 0.6) is 0 Å². The van der Waals surface area contributed by atoms with Crippen molar-refractivity contribution < 1.29 is 0 Å². The van der Waals surface area contributed by atoms with E-state index in [2.05, 4.69) is 56.5 Å². The van der Waals surface area contributed by atoms with Gasteiger partial charge < -0.3 is 4.72 Å². The van der Waals surface area contributed by atoms with Gasteiger partial charge in [0.05, 0.1) is 11.9 Å². The molecule has 0 bridgehead atoms. The lowest BCUT2D eigenvalue weighted by Crippen LogP contribution is -2.28. The fourth-order valence-electron chi connectivity index (χ4n) is 2.49. The van der Waals surface area contributed by atoms with Gasteiger partial charge in [-0.3, -0.25) is 4.99 Å². The van der Waals surface area contributed by atoms with Crippen LogP contribution < -0.4 is 4.72 Å². The monoisotopic (exact) mass is 340 g/mol. The number of hydrogen-bond donors (Lipinski definition) is 1. The van der Waals surface area contributed by atoms with Crippen molar-refractivity contribution in [3.05, 3.63) is 24.0 Å². The third-order valence-electron chi connectivity index (χ3n) is 3.85. The van der Waals surface area contributed by atoms with Crippen LogP contribution in [0.1, 0.15) is 79.6 Å². The minimum atomic E-state index is -0.785. The highest BCUT2D eigenvalue weighted by Gasteiger charge is 2.22. The number of hydrogen-bond acceptors (Lipinski definition) is 2. The minimum Gasteiger partial charge on any atom is -0.346 e. The Labute approximate surface area is 147 Å². The van der Waals surface area contributed by atoms with E-state index in [1.807, 2.05) is 12.4 Å². The first-order valence-corrected chi connectivity index (χ1v) is 11.7. The fourth-order valence-corrected chi connectivity index (χ4v) is 6.56. The predicted molar refractivity (Wildman–Crippen MR) is 112 cm³/mol. The van der Waals surface area contributed by atoms with Crippen LogP contribution in [-0.2, 0) is 0 Å². The normalized spacial score (nSPS) is 14.0. The highest BCUT2D eigenvalue weighted by atomic mass is 32.3. The van der Waals surface area contributed by atoms with Crippen LogP contribution in [0.15, 0.2) is 29.0 Å². The molecule has 1 N–H and O–H groups in total. The average molecular weight is 341 g/mol. The Kier molecular flexibility index (Phi) is 14.4. The number of nitrogens with zero attached hydrogens (tertiary/aromatic N) is 1. The summed E-state index contributed by atoms with van der Waals surface area (Å²) in [6.07, 6.45) is 17.1. The van der Waals surface area contributed by atoms with Gasteiger partial charge >= 0.3 is 0 Å². The maximum absolute atomic E-state index is 4.45. The summed E-state index contributed by atoms with van der Waals surface area (Å²) in [6.45, 7) is 11.1. The van der Waals surface area contributed by atoms with E-state index in [0.29, 0.717) is 0 Å². The largest absolute Gasteiger partial charge is 0.346 e. The van der Waals surface area contributed by atoms with Gasteiger partial charge in [0.2, 0.25) is 0 Å². The summed E-state index contributed by atoms with van der Waals surface area (Å²) in [6, 6.07) is 0. The van der Waals surface area contributed by atoms with E-state index in [1.165, 1.54) is 61.5 Å². The van der Waals surface area contributed by atoms with Gasteiger partial charge in [0.25, 0.3) is 0 Å². The van der Waals surface area contributed by atoms with Crippen LogP contribution in [0.4, 0.5) is 0 Å². The topological polar surface area (TPSA) is 24.4 Å². The molecule has 0 fully saturated rings. The van der Waals surface area contributed by atoms with Crippen LogP contribution in [0, 0.1) is 0 Å². The van der Waals surface area contributed by atoms with E-state index in [-0.39, 0.29) is 0 Å². The molecule has 3 heteroatoms. The van der Waals surface area contributed by atoms with Crippen molar-refractivity contribution in [2.24, 2.45) is 4.99 Å². The van der Waals surface area contributed by atoms with Crippen molar-refractivity contribution >= 4 is 16.4 Å². The lowest BCUT2D eigenvalue weighted by atomic mass is 10.4. The third-order valence-corrected chi connectivity index (χ3v) is 7.73. The van der Waals surface area contributed by atoms with Gasteiger partial charge in [-0.05, 0) is 55.9 Å². The molecule has 0 rings (SSSR count). The van der Waals surface area contributed by atoms with Crippen molar-refractivity contribution in [3.63, 3.8) is 0 Å². The summed E-state index contributed by atoms with van der Waals surface area (Å²) in [5.74, 6) is 4.03. The molecule has 0 aromatic heterocycles. The molecule has 2 nitrogen and oxygen atoms in total. The number of allylic oxidation sites excluding steroid dienone is 2. The highest BCUT2D eigenvalue weighted by Crippen LogP contribution is 2.47. The molecule has 0 unspecified atom stereocenters. The summed E-state index contributed by atoms with van der Waals surface area (Å²) in [5.41, 5.74) is 1.19. The number of unbranched alkanes of at least 4 members (excludes halogenated alkanes) is 3. The van der Waals surface area contributed by atoms with E-state index in [4.69, 9.17) is 0 Å². The SMILES string of the molecule is C\C=C/C(=C\N=C\CC)NS(CCCC)(CCCC)CCCC. The molecule has 0 amide bonds. The molecule has 0 saturated carbocycles. The van der Waals surface area contributed by atoms with Crippen molar-refractivity contribution in [2.45, 2.75) is 79.6 Å². The zero-order chi connectivity index (χ0) is 17.4. The molecule has 0 aliphatic heterocycles. The minimum absolute atomic E-state index is 0.785. The molecule has 0 spiro atoms. The number of aliphatic imine (C=N–C) groups is 1. The molecule has 0 atom stereocenters. The zero-order valence-electron chi connectivity index (χ0n) is 16.2. The average Bonchev–Trinajstić information content (AvgIpc) is 2.56. The van der Waals surface area contributed by atoms with Gasteiger partial charge in [0, 0.05) is 6.21 Å². The lowest BCUT2D eigenvalue weighted by Gasteiger charge is -2.42. The standard InChI is InChI=1S/C20H40N2S/c1-6-11-16-23(17-12-7-2,18-13-8-3)22-20(14-9-4)19-21-15-10-5/h9,14-15,19,22H,6-8,10-13,16-18H2,1-5H3/b14-9-,20-19+,21-15+. The van der Waals surface area contributed by atoms with E-state index < -0.39 is 10.2 Å². The van der Waals surface area contributed by atoms with Crippen LogP contribution in [0.2, 0.25) is 0 Å².